The number of nitro benzene ring substituents is 1. The van der Waals surface area contributed by atoms with E-state index in [1.165, 1.54) is 26.5 Å². The summed E-state index contributed by atoms with van der Waals surface area (Å²) in [5.74, 6) is 0.428. The van der Waals surface area contributed by atoms with Crippen molar-refractivity contribution in [2.45, 2.75) is 23.9 Å². The lowest BCUT2D eigenvalue weighted by molar-refractivity contribution is -0.387. The summed E-state index contributed by atoms with van der Waals surface area (Å²) < 4.78 is 10.3. The molecule has 2 aromatic carbocycles. The van der Waals surface area contributed by atoms with Crippen LogP contribution in [0.3, 0.4) is 0 Å². The van der Waals surface area contributed by atoms with E-state index in [1.807, 2.05) is 19.9 Å². The maximum atomic E-state index is 12.4. The minimum Gasteiger partial charge on any atom is -0.497 e. The Morgan fingerprint density at radius 3 is 2.27 bits per heavy atom. The summed E-state index contributed by atoms with van der Waals surface area (Å²) >= 11 is 1.11. The number of nitro groups is 1. The van der Waals surface area contributed by atoms with Crippen molar-refractivity contribution >= 4 is 29.6 Å². The largest absolute Gasteiger partial charge is 0.497 e. The van der Waals surface area contributed by atoms with Crippen molar-refractivity contribution in [1.82, 2.24) is 15.4 Å². The van der Waals surface area contributed by atoms with Gasteiger partial charge >= 0.3 is 0 Å². The second-order valence-electron chi connectivity index (χ2n) is 6.82. The lowest BCUT2D eigenvalue weighted by Crippen LogP contribution is -2.17. The summed E-state index contributed by atoms with van der Waals surface area (Å²) in [5.41, 5.74) is 4.56. The number of carbonyl (C=O) groups excluding carboxylic acids is 1. The highest BCUT2D eigenvalue weighted by Gasteiger charge is 2.17. The summed E-state index contributed by atoms with van der Waals surface area (Å²) in [6, 6.07) is 11.2. The van der Waals surface area contributed by atoms with Gasteiger partial charge < -0.3 is 9.47 Å². The number of aromatic nitrogens is 2. The Morgan fingerprint density at radius 1 is 1.06 bits per heavy atom. The zero-order valence-electron chi connectivity index (χ0n) is 18.4. The average Bonchev–Trinajstić information content (AvgIpc) is 2.78. The van der Waals surface area contributed by atoms with Gasteiger partial charge in [0.25, 0.3) is 11.6 Å². The van der Waals surface area contributed by atoms with E-state index in [0.717, 1.165) is 23.1 Å². The van der Waals surface area contributed by atoms with E-state index in [9.17, 15) is 14.9 Å². The molecule has 0 radical (unpaired) electrons. The van der Waals surface area contributed by atoms with Gasteiger partial charge in [-0.2, -0.15) is 5.10 Å². The standard InChI is InChI=1S/C22H21N5O5S/c1-13-7-14(2)25-22(24-13)33-20-6-5-15(8-19(20)27(29)30)12-23-26-21(28)16-9-17(31-3)11-18(10-16)32-4/h5-12H,1-4H3,(H,26,28). The van der Waals surface area contributed by atoms with Crippen LogP contribution in [0.5, 0.6) is 11.5 Å². The molecule has 0 saturated heterocycles. The monoisotopic (exact) mass is 467 g/mol. The van der Waals surface area contributed by atoms with Gasteiger partial charge in [0.1, 0.15) is 11.5 Å². The topological polar surface area (TPSA) is 129 Å². The Hall–Kier alpha value is -3.99. The fourth-order valence-electron chi connectivity index (χ4n) is 2.85. The Kier molecular flexibility index (Phi) is 7.57. The molecule has 10 nitrogen and oxygen atoms in total. The molecule has 1 amide bonds. The van der Waals surface area contributed by atoms with Crippen molar-refractivity contribution in [3.63, 3.8) is 0 Å². The van der Waals surface area contributed by atoms with Gasteiger partial charge in [-0.1, -0.05) is 6.07 Å². The van der Waals surface area contributed by atoms with Crippen molar-refractivity contribution in [3.05, 3.63) is 75.1 Å². The molecule has 1 heterocycles. The van der Waals surface area contributed by atoms with E-state index < -0.39 is 10.8 Å². The number of carbonyl (C=O) groups is 1. The zero-order chi connectivity index (χ0) is 24.0. The van der Waals surface area contributed by atoms with E-state index in [-0.39, 0.29) is 11.3 Å². The van der Waals surface area contributed by atoms with Crippen LogP contribution in [-0.4, -0.2) is 41.2 Å². The summed E-state index contributed by atoms with van der Waals surface area (Å²) in [5, 5.41) is 15.9. The number of hydrogen-bond acceptors (Lipinski definition) is 9. The third-order valence-corrected chi connectivity index (χ3v) is 5.27. The van der Waals surface area contributed by atoms with Gasteiger partial charge in [-0.05, 0) is 49.9 Å². The molecule has 0 unspecified atom stereocenters. The number of nitrogens with zero attached hydrogens (tertiary/aromatic N) is 4. The lowest BCUT2D eigenvalue weighted by atomic mass is 10.2. The van der Waals surface area contributed by atoms with Crippen molar-refractivity contribution < 1.29 is 19.2 Å². The molecule has 0 atom stereocenters. The first-order valence-corrected chi connectivity index (χ1v) is 10.5. The van der Waals surface area contributed by atoms with Crippen LogP contribution >= 0.6 is 11.8 Å². The molecule has 0 bridgehead atoms. The van der Waals surface area contributed by atoms with Gasteiger partial charge in [0, 0.05) is 34.6 Å². The van der Waals surface area contributed by atoms with Crippen molar-refractivity contribution in [3.8, 4) is 11.5 Å². The number of ether oxygens (including phenoxy) is 2. The molecular formula is C22H21N5O5S. The van der Waals surface area contributed by atoms with Crippen LogP contribution < -0.4 is 14.9 Å². The first kappa shape index (κ1) is 23.7. The molecular weight excluding hydrogens is 446 g/mol. The number of amides is 1. The van der Waals surface area contributed by atoms with Crippen LogP contribution in [0.15, 0.2) is 57.6 Å². The summed E-state index contributed by atoms with van der Waals surface area (Å²) in [7, 11) is 2.96. The van der Waals surface area contributed by atoms with E-state index in [0.29, 0.717) is 27.1 Å². The maximum Gasteiger partial charge on any atom is 0.283 e. The van der Waals surface area contributed by atoms with Gasteiger partial charge in [0.2, 0.25) is 0 Å². The number of nitrogens with one attached hydrogen (secondary N) is 1. The Balaban J connectivity index is 1.76. The van der Waals surface area contributed by atoms with Gasteiger partial charge in [-0.25, -0.2) is 15.4 Å². The highest BCUT2D eigenvalue weighted by molar-refractivity contribution is 7.99. The van der Waals surface area contributed by atoms with Gasteiger partial charge in [-0.3, -0.25) is 14.9 Å². The van der Waals surface area contributed by atoms with Crippen LogP contribution in [0.1, 0.15) is 27.3 Å². The van der Waals surface area contributed by atoms with Crippen LogP contribution in [0.25, 0.3) is 0 Å². The summed E-state index contributed by atoms with van der Waals surface area (Å²) in [6.45, 7) is 3.67. The normalized spacial score (nSPS) is 10.8. The molecule has 0 saturated carbocycles. The molecule has 11 heteroatoms. The first-order valence-electron chi connectivity index (χ1n) is 9.64. The van der Waals surface area contributed by atoms with Crippen LogP contribution in [0, 0.1) is 24.0 Å². The number of benzene rings is 2. The quantitative estimate of drug-likeness (QED) is 0.228. The first-order chi connectivity index (χ1) is 15.8. The lowest BCUT2D eigenvalue weighted by Gasteiger charge is -2.07. The molecule has 3 rings (SSSR count). The molecule has 0 aliphatic heterocycles. The minimum absolute atomic E-state index is 0.115. The average molecular weight is 468 g/mol. The number of aryl methyl sites for hydroxylation is 2. The van der Waals surface area contributed by atoms with E-state index in [1.54, 1.807) is 30.3 Å². The van der Waals surface area contributed by atoms with E-state index in [4.69, 9.17) is 9.47 Å². The highest BCUT2D eigenvalue weighted by atomic mass is 32.2. The summed E-state index contributed by atoms with van der Waals surface area (Å²) in [6.07, 6.45) is 1.32. The summed E-state index contributed by atoms with van der Waals surface area (Å²) in [4.78, 5) is 32.5. The number of methoxy groups -OCH3 is 2. The predicted octanol–water partition coefficient (Wildman–Crippen LogP) is 3.93. The Labute approximate surface area is 194 Å². The predicted molar refractivity (Wildman–Crippen MR) is 123 cm³/mol. The Bertz CT molecular complexity index is 1190. The fraction of sp³-hybridized carbons (Fsp3) is 0.182. The minimum atomic E-state index is -0.489. The van der Waals surface area contributed by atoms with Gasteiger partial charge in [-0.15, -0.1) is 0 Å². The molecule has 1 N–H and O–H groups in total. The smallest absolute Gasteiger partial charge is 0.283 e. The van der Waals surface area contributed by atoms with Gasteiger partial charge in [0.15, 0.2) is 5.16 Å². The third-order valence-electron chi connectivity index (χ3n) is 4.34. The molecule has 0 aliphatic rings. The maximum absolute atomic E-state index is 12.4. The highest BCUT2D eigenvalue weighted by Crippen LogP contribution is 2.33. The second-order valence-corrected chi connectivity index (χ2v) is 7.83. The van der Waals surface area contributed by atoms with E-state index >= 15 is 0 Å². The van der Waals surface area contributed by atoms with Gasteiger partial charge in [0.05, 0.1) is 30.3 Å². The van der Waals surface area contributed by atoms with E-state index in [2.05, 4.69) is 20.5 Å². The SMILES string of the molecule is COc1cc(OC)cc(C(=O)NN=Cc2ccc(Sc3nc(C)cc(C)n3)c([N+](=O)[O-])c2)c1. The molecule has 0 spiro atoms. The molecule has 170 valence electrons. The fourth-order valence-corrected chi connectivity index (χ4v) is 3.80. The molecule has 3 aromatic rings. The van der Waals surface area contributed by atoms with Crippen molar-refractivity contribution in [1.29, 1.82) is 0 Å². The molecule has 33 heavy (non-hydrogen) atoms. The van der Waals surface area contributed by atoms with Crippen LogP contribution in [0.2, 0.25) is 0 Å². The van der Waals surface area contributed by atoms with Crippen molar-refractivity contribution in [2.24, 2.45) is 5.10 Å². The zero-order valence-corrected chi connectivity index (χ0v) is 19.2. The number of hydrazone groups is 1. The van der Waals surface area contributed by atoms with Crippen molar-refractivity contribution in [2.75, 3.05) is 14.2 Å². The second kappa shape index (κ2) is 10.6. The molecule has 1 aromatic heterocycles. The molecule has 0 aliphatic carbocycles. The van der Waals surface area contributed by atoms with Crippen LogP contribution in [-0.2, 0) is 0 Å². The number of hydrogen-bond donors (Lipinski definition) is 1. The third kappa shape index (κ3) is 6.26. The Morgan fingerprint density at radius 2 is 1.70 bits per heavy atom. The number of rotatable bonds is 8. The van der Waals surface area contributed by atoms with Crippen LogP contribution in [0.4, 0.5) is 5.69 Å². The molecule has 0 fully saturated rings.